The third-order valence-electron chi connectivity index (χ3n) is 5.52. The van der Waals surface area contributed by atoms with Crippen molar-refractivity contribution in [3.8, 4) is 0 Å². The number of unbranched alkanes of at least 4 members (excludes halogenated alkanes) is 3. The summed E-state index contributed by atoms with van der Waals surface area (Å²) in [5, 5.41) is 0. The summed E-state index contributed by atoms with van der Waals surface area (Å²) in [6.45, 7) is 13.6. The van der Waals surface area contributed by atoms with Crippen molar-refractivity contribution < 1.29 is 0 Å². The van der Waals surface area contributed by atoms with E-state index in [1.807, 2.05) is 0 Å². The van der Waals surface area contributed by atoms with Gasteiger partial charge in [-0.2, -0.15) is 0 Å². The first-order valence-electron chi connectivity index (χ1n) is 9.59. The number of hydrogen-bond acceptors (Lipinski definition) is 1. The zero-order chi connectivity index (χ0) is 15.6. The minimum absolute atomic E-state index is 1.03. The number of likely N-dealkylation sites (tertiary alicyclic amines) is 1. The number of hydrogen-bond donors (Lipinski definition) is 0. The van der Waals surface area contributed by atoms with Crippen molar-refractivity contribution in [3.05, 3.63) is 12.7 Å². The van der Waals surface area contributed by atoms with Gasteiger partial charge in [0, 0.05) is 0 Å². The van der Waals surface area contributed by atoms with Crippen LogP contribution in [-0.4, -0.2) is 40.4 Å². The van der Waals surface area contributed by atoms with Crippen LogP contribution in [0.2, 0.25) is 13.3 Å². The van der Waals surface area contributed by atoms with Gasteiger partial charge in [0.15, 0.2) is 0 Å². The van der Waals surface area contributed by atoms with Gasteiger partial charge < -0.3 is 0 Å². The SMILES string of the molecule is C=CCN1CCC[C@@H]1[Sn]([CH2]CCC)([CH2]CCC)[CH2]CCC. The van der Waals surface area contributed by atoms with E-state index >= 15 is 0 Å². The molecule has 1 atom stereocenters. The molecule has 124 valence electrons. The molecule has 1 rings (SSSR count). The average molecular weight is 400 g/mol. The van der Waals surface area contributed by atoms with Gasteiger partial charge in [-0.1, -0.05) is 0 Å². The molecular weight excluding hydrogens is 361 g/mol. The van der Waals surface area contributed by atoms with Gasteiger partial charge in [0.25, 0.3) is 0 Å². The second-order valence-electron chi connectivity index (χ2n) is 7.11. The Morgan fingerprint density at radius 3 is 1.95 bits per heavy atom. The average Bonchev–Trinajstić information content (AvgIpc) is 2.96. The summed E-state index contributed by atoms with van der Waals surface area (Å²) in [5.74, 6) is 0. The van der Waals surface area contributed by atoms with E-state index in [9.17, 15) is 0 Å². The van der Waals surface area contributed by atoms with Crippen molar-refractivity contribution in [2.24, 2.45) is 0 Å². The van der Waals surface area contributed by atoms with Gasteiger partial charge in [0.1, 0.15) is 0 Å². The molecule has 0 unspecified atom stereocenters. The Bertz CT molecular complexity index is 255. The molecule has 1 saturated heterocycles. The maximum absolute atomic E-state index is 4.01. The molecule has 0 radical (unpaired) electrons. The predicted molar refractivity (Wildman–Crippen MR) is 99.7 cm³/mol. The molecule has 0 aromatic rings. The molecular formula is C19H39NSn. The zero-order valence-corrected chi connectivity index (χ0v) is 17.9. The molecule has 1 nitrogen and oxygen atoms in total. The van der Waals surface area contributed by atoms with Crippen LogP contribution in [0.15, 0.2) is 12.7 Å². The summed E-state index contributed by atoms with van der Waals surface area (Å²) in [6.07, 6.45) is 13.8. The van der Waals surface area contributed by atoms with Crippen LogP contribution in [0.5, 0.6) is 0 Å². The second kappa shape index (κ2) is 11.1. The van der Waals surface area contributed by atoms with E-state index in [4.69, 9.17) is 0 Å². The summed E-state index contributed by atoms with van der Waals surface area (Å²) in [4.78, 5) is 2.84. The van der Waals surface area contributed by atoms with Crippen molar-refractivity contribution in [3.63, 3.8) is 0 Å². The third-order valence-corrected chi connectivity index (χ3v) is 23.0. The summed E-state index contributed by atoms with van der Waals surface area (Å²) in [7, 11) is 0. The Morgan fingerprint density at radius 1 is 1.00 bits per heavy atom. The van der Waals surface area contributed by atoms with Gasteiger partial charge in [-0.05, 0) is 0 Å². The first-order chi connectivity index (χ1) is 10.2. The van der Waals surface area contributed by atoms with E-state index in [2.05, 4.69) is 38.3 Å². The van der Waals surface area contributed by atoms with E-state index in [0.717, 1.165) is 10.6 Å². The maximum atomic E-state index is 4.01. The topological polar surface area (TPSA) is 3.24 Å². The van der Waals surface area contributed by atoms with Gasteiger partial charge in [0.05, 0.1) is 0 Å². The van der Waals surface area contributed by atoms with E-state index in [1.54, 1.807) is 13.3 Å². The zero-order valence-electron chi connectivity index (χ0n) is 15.0. The number of rotatable bonds is 12. The molecule has 0 saturated carbocycles. The quantitative estimate of drug-likeness (QED) is 0.286. The fourth-order valence-electron chi connectivity index (χ4n) is 4.37. The van der Waals surface area contributed by atoms with Crippen LogP contribution in [0.4, 0.5) is 0 Å². The van der Waals surface area contributed by atoms with E-state index in [-0.39, 0.29) is 0 Å². The van der Waals surface area contributed by atoms with Crippen molar-refractivity contribution in [2.45, 2.75) is 89.5 Å². The molecule has 0 aliphatic carbocycles. The normalized spacial score (nSPS) is 20.0. The second-order valence-corrected chi connectivity index (χ2v) is 21.1. The first-order valence-corrected chi connectivity index (χ1v) is 17.3. The molecule has 0 aromatic carbocycles. The Balaban J connectivity index is 2.90. The van der Waals surface area contributed by atoms with Crippen LogP contribution in [0.3, 0.4) is 0 Å². The molecule has 0 aromatic heterocycles. The summed E-state index contributed by atoms with van der Waals surface area (Å²) in [5.41, 5.74) is 0. The van der Waals surface area contributed by atoms with Gasteiger partial charge in [0.2, 0.25) is 0 Å². The van der Waals surface area contributed by atoms with Crippen LogP contribution in [0.25, 0.3) is 0 Å². The van der Waals surface area contributed by atoms with Crippen LogP contribution >= 0.6 is 0 Å². The van der Waals surface area contributed by atoms with Crippen LogP contribution in [0.1, 0.15) is 72.1 Å². The Hall–Kier alpha value is 0.499. The van der Waals surface area contributed by atoms with Gasteiger partial charge >= 0.3 is 139 Å². The van der Waals surface area contributed by atoms with E-state index < -0.39 is 18.4 Å². The molecule has 1 aliphatic rings. The predicted octanol–water partition coefficient (Wildman–Crippen LogP) is 6.03. The van der Waals surface area contributed by atoms with Crippen molar-refractivity contribution in [1.82, 2.24) is 4.90 Å². The molecule has 0 bridgehead atoms. The molecule has 0 N–H and O–H groups in total. The van der Waals surface area contributed by atoms with Crippen LogP contribution in [-0.2, 0) is 0 Å². The van der Waals surface area contributed by atoms with Crippen LogP contribution in [0, 0.1) is 0 Å². The van der Waals surface area contributed by atoms with Gasteiger partial charge in [-0.15, -0.1) is 0 Å². The monoisotopic (exact) mass is 401 g/mol. The third kappa shape index (κ3) is 5.89. The fraction of sp³-hybridized carbons (Fsp3) is 0.895. The molecule has 1 aliphatic heterocycles. The van der Waals surface area contributed by atoms with Gasteiger partial charge in [-0.25, -0.2) is 0 Å². The number of nitrogens with zero attached hydrogens (tertiary/aromatic N) is 1. The summed E-state index contributed by atoms with van der Waals surface area (Å²) >= 11 is -2.03. The van der Waals surface area contributed by atoms with E-state index in [0.29, 0.717) is 0 Å². The molecule has 0 spiro atoms. The Kier molecular flexibility index (Phi) is 10.3. The Morgan fingerprint density at radius 2 is 1.52 bits per heavy atom. The summed E-state index contributed by atoms with van der Waals surface area (Å²) in [6, 6.07) is 0. The molecule has 21 heavy (non-hydrogen) atoms. The minimum atomic E-state index is -2.03. The molecule has 1 fully saturated rings. The van der Waals surface area contributed by atoms with Gasteiger partial charge in [-0.3, -0.25) is 0 Å². The van der Waals surface area contributed by atoms with Crippen LogP contribution < -0.4 is 0 Å². The standard InChI is InChI=1S/C7H12N.3C4H9.Sn/c1-2-5-8-6-3-4-7-8;3*1-3-4-2;/h2,6H,1,3-5,7H2;3*1,3-4H2,2H3;. The van der Waals surface area contributed by atoms with E-state index in [1.165, 1.54) is 57.9 Å². The first kappa shape index (κ1) is 19.5. The molecule has 0 amide bonds. The van der Waals surface area contributed by atoms with Crippen molar-refractivity contribution in [2.75, 3.05) is 13.1 Å². The molecule has 1 heterocycles. The fourth-order valence-corrected chi connectivity index (χ4v) is 23.6. The summed E-state index contributed by atoms with van der Waals surface area (Å²) < 4.78 is 6.00. The molecule has 2 heteroatoms. The Labute approximate surface area is 138 Å². The van der Waals surface area contributed by atoms with Crippen molar-refractivity contribution >= 4 is 18.4 Å². The van der Waals surface area contributed by atoms with Crippen molar-refractivity contribution in [1.29, 1.82) is 0 Å².